The predicted octanol–water partition coefficient (Wildman–Crippen LogP) is 2.96. The SMILES string of the molecule is CSC1=NC(=O)/C(=C\c2ccc3nccnc3c2)S1. The summed E-state index contributed by atoms with van der Waals surface area (Å²) >= 11 is 2.89. The zero-order valence-electron chi connectivity index (χ0n) is 10.0. The van der Waals surface area contributed by atoms with Crippen LogP contribution in [0.4, 0.5) is 0 Å². The summed E-state index contributed by atoms with van der Waals surface area (Å²) in [6.07, 6.45) is 7.07. The summed E-state index contributed by atoms with van der Waals surface area (Å²) in [6, 6.07) is 5.74. The number of benzene rings is 1. The molecule has 2 heterocycles. The van der Waals surface area contributed by atoms with Crippen molar-refractivity contribution < 1.29 is 4.79 Å². The van der Waals surface area contributed by atoms with Crippen LogP contribution in [0.3, 0.4) is 0 Å². The average molecular weight is 287 g/mol. The van der Waals surface area contributed by atoms with E-state index in [1.54, 1.807) is 12.4 Å². The van der Waals surface area contributed by atoms with Crippen molar-refractivity contribution in [3.63, 3.8) is 0 Å². The summed E-state index contributed by atoms with van der Waals surface area (Å²) in [5.74, 6) is -0.173. The molecule has 0 spiro atoms. The first-order valence-electron chi connectivity index (χ1n) is 5.53. The van der Waals surface area contributed by atoms with E-state index in [1.165, 1.54) is 23.5 Å². The molecule has 1 aromatic carbocycles. The number of carbonyl (C=O) groups excluding carboxylic acids is 1. The van der Waals surface area contributed by atoms with E-state index in [4.69, 9.17) is 0 Å². The number of hydrogen-bond acceptors (Lipinski definition) is 5. The number of aromatic nitrogens is 2. The van der Waals surface area contributed by atoms with Crippen molar-refractivity contribution >= 4 is 50.9 Å². The Hall–Kier alpha value is -1.66. The van der Waals surface area contributed by atoms with Gasteiger partial charge in [0.15, 0.2) is 0 Å². The number of hydrogen-bond donors (Lipinski definition) is 0. The van der Waals surface area contributed by atoms with E-state index in [9.17, 15) is 4.79 Å². The van der Waals surface area contributed by atoms with E-state index >= 15 is 0 Å². The third-order valence-electron chi connectivity index (χ3n) is 2.57. The van der Waals surface area contributed by atoms with Crippen molar-refractivity contribution in [1.82, 2.24) is 9.97 Å². The molecule has 0 fully saturated rings. The number of thioether (sulfide) groups is 2. The van der Waals surface area contributed by atoms with Crippen LogP contribution in [0.15, 0.2) is 40.5 Å². The highest BCUT2D eigenvalue weighted by Crippen LogP contribution is 2.32. The highest BCUT2D eigenvalue weighted by Gasteiger charge is 2.20. The molecule has 0 unspecified atom stereocenters. The molecule has 4 nitrogen and oxygen atoms in total. The van der Waals surface area contributed by atoms with Crippen LogP contribution in [0.5, 0.6) is 0 Å². The van der Waals surface area contributed by atoms with Crippen LogP contribution in [0.2, 0.25) is 0 Å². The minimum absolute atomic E-state index is 0.173. The van der Waals surface area contributed by atoms with Crippen molar-refractivity contribution in [2.75, 3.05) is 6.26 Å². The Labute approximate surface area is 118 Å². The Bertz CT molecular complexity index is 725. The van der Waals surface area contributed by atoms with Crippen molar-refractivity contribution in [2.24, 2.45) is 4.99 Å². The molecule has 1 amide bonds. The quantitative estimate of drug-likeness (QED) is 0.755. The third-order valence-corrected chi connectivity index (χ3v) is 4.54. The van der Waals surface area contributed by atoms with Gasteiger partial charge in [0.1, 0.15) is 4.38 Å². The van der Waals surface area contributed by atoms with Gasteiger partial charge in [0.2, 0.25) is 0 Å². The lowest BCUT2D eigenvalue weighted by atomic mass is 10.2. The number of aliphatic imine (C=N–C) groups is 1. The molecule has 19 heavy (non-hydrogen) atoms. The van der Waals surface area contributed by atoms with Crippen LogP contribution in [0.1, 0.15) is 5.56 Å². The van der Waals surface area contributed by atoms with Gasteiger partial charge in [-0.3, -0.25) is 14.8 Å². The topological polar surface area (TPSA) is 55.2 Å². The number of amides is 1. The molecule has 0 saturated carbocycles. The lowest BCUT2D eigenvalue weighted by Gasteiger charge is -1.99. The van der Waals surface area contributed by atoms with Crippen LogP contribution in [0.25, 0.3) is 17.1 Å². The van der Waals surface area contributed by atoms with Gasteiger partial charge in [0.25, 0.3) is 5.91 Å². The molecule has 94 valence electrons. The third kappa shape index (κ3) is 2.54. The molecule has 1 aliphatic heterocycles. The first kappa shape index (κ1) is 12.4. The fourth-order valence-corrected chi connectivity index (χ4v) is 3.12. The molecule has 2 aromatic rings. The highest BCUT2D eigenvalue weighted by molar-refractivity contribution is 8.40. The fourth-order valence-electron chi connectivity index (χ4n) is 1.70. The molecule has 3 rings (SSSR count). The van der Waals surface area contributed by atoms with Crippen LogP contribution < -0.4 is 0 Å². The maximum atomic E-state index is 11.7. The van der Waals surface area contributed by atoms with E-state index in [-0.39, 0.29) is 5.91 Å². The van der Waals surface area contributed by atoms with E-state index in [1.807, 2.05) is 30.5 Å². The number of nitrogens with zero attached hydrogens (tertiary/aromatic N) is 3. The van der Waals surface area contributed by atoms with Gasteiger partial charge in [-0.05, 0) is 30.0 Å². The second kappa shape index (κ2) is 5.14. The maximum Gasteiger partial charge on any atom is 0.285 e. The average Bonchev–Trinajstić information content (AvgIpc) is 2.79. The number of carbonyl (C=O) groups is 1. The van der Waals surface area contributed by atoms with Crippen molar-refractivity contribution in [3.05, 3.63) is 41.1 Å². The van der Waals surface area contributed by atoms with Crippen molar-refractivity contribution in [1.29, 1.82) is 0 Å². The Kier molecular flexibility index (Phi) is 3.35. The summed E-state index contributed by atoms with van der Waals surface area (Å²) in [5.41, 5.74) is 2.59. The van der Waals surface area contributed by atoms with Gasteiger partial charge in [0.05, 0.1) is 15.9 Å². The molecule has 0 bridgehead atoms. The van der Waals surface area contributed by atoms with Gasteiger partial charge in [-0.15, -0.1) is 11.8 Å². The summed E-state index contributed by atoms with van der Waals surface area (Å²) in [6.45, 7) is 0. The molecule has 6 heteroatoms. The van der Waals surface area contributed by atoms with Gasteiger partial charge in [-0.25, -0.2) is 0 Å². The highest BCUT2D eigenvalue weighted by atomic mass is 32.2. The van der Waals surface area contributed by atoms with Crippen LogP contribution in [-0.2, 0) is 4.79 Å². The van der Waals surface area contributed by atoms with Gasteiger partial charge in [0, 0.05) is 12.4 Å². The predicted molar refractivity (Wildman–Crippen MR) is 81.1 cm³/mol. The summed E-state index contributed by atoms with van der Waals surface area (Å²) in [4.78, 5) is 24.8. The van der Waals surface area contributed by atoms with Gasteiger partial charge in [-0.2, -0.15) is 4.99 Å². The second-order valence-corrected chi connectivity index (χ2v) is 5.89. The smallest absolute Gasteiger partial charge is 0.266 e. The lowest BCUT2D eigenvalue weighted by Crippen LogP contribution is -1.88. The first-order valence-corrected chi connectivity index (χ1v) is 7.58. The van der Waals surface area contributed by atoms with Crippen LogP contribution >= 0.6 is 23.5 Å². The number of rotatable bonds is 1. The zero-order valence-corrected chi connectivity index (χ0v) is 11.7. The van der Waals surface area contributed by atoms with Gasteiger partial charge in [-0.1, -0.05) is 17.8 Å². The van der Waals surface area contributed by atoms with Crippen LogP contribution in [-0.4, -0.2) is 26.5 Å². The molecule has 0 N–H and O–H groups in total. The Morgan fingerprint density at radius 1 is 1.21 bits per heavy atom. The monoisotopic (exact) mass is 287 g/mol. The molecule has 1 aliphatic rings. The van der Waals surface area contributed by atoms with E-state index in [0.29, 0.717) is 4.91 Å². The van der Waals surface area contributed by atoms with Crippen LogP contribution in [0, 0.1) is 0 Å². The summed E-state index contributed by atoms with van der Waals surface area (Å²) < 4.78 is 0.789. The molecule has 0 radical (unpaired) electrons. The van der Waals surface area contributed by atoms with Gasteiger partial charge < -0.3 is 0 Å². The maximum absolute atomic E-state index is 11.7. The normalized spacial score (nSPS) is 17.2. The van der Waals surface area contributed by atoms with Crippen molar-refractivity contribution in [3.8, 4) is 0 Å². The molecular weight excluding hydrogens is 278 g/mol. The van der Waals surface area contributed by atoms with E-state index in [0.717, 1.165) is 21.0 Å². The minimum atomic E-state index is -0.173. The molecule has 1 aromatic heterocycles. The first-order chi connectivity index (χ1) is 9.26. The molecule has 0 aliphatic carbocycles. The Morgan fingerprint density at radius 3 is 2.74 bits per heavy atom. The molecule has 0 saturated heterocycles. The summed E-state index contributed by atoms with van der Waals surface area (Å²) in [7, 11) is 0. The van der Waals surface area contributed by atoms with E-state index < -0.39 is 0 Å². The Morgan fingerprint density at radius 2 is 2.00 bits per heavy atom. The number of fused-ring (bicyclic) bond motifs is 1. The molecule has 0 atom stereocenters. The van der Waals surface area contributed by atoms with E-state index in [2.05, 4.69) is 15.0 Å². The second-order valence-electron chi connectivity index (χ2n) is 3.80. The van der Waals surface area contributed by atoms with Gasteiger partial charge >= 0.3 is 0 Å². The summed E-state index contributed by atoms with van der Waals surface area (Å²) in [5, 5.41) is 0. The standard InChI is InChI=1S/C13H9N3OS2/c1-18-13-16-12(17)11(19-13)7-8-2-3-9-10(6-8)15-5-4-14-9/h2-7H,1H3/b11-7+. The fraction of sp³-hybridized carbons (Fsp3) is 0.0769. The largest absolute Gasteiger partial charge is 0.285 e. The zero-order chi connectivity index (χ0) is 13.2. The van der Waals surface area contributed by atoms with Crippen molar-refractivity contribution in [2.45, 2.75) is 0 Å². The Balaban J connectivity index is 1.96. The minimum Gasteiger partial charge on any atom is -0.266 e. The lowest BCUT2D eigenvalue weighted by molar-refractivity contribution is -0.113. The molecular formula is C13H9N3OS2.